The second kappa shape index (κ2) is 21.0. The number of rotatable bonds is 12. The summed E-state index contributed by atoms with van der Waals surface area (Å²) >= 11 is 15.4. The maximum Gasteiger partial charge on any atom is 0.205 e. The predicted octanol–water partition coefficient (Wildman–Crippen LogP) is 14.4. The minimum atomic E-state index is -2.07. The minimum Gasteiger partial charge on any atom is -0.412 e. The molecule has 0 aliphatic rings. The Kier molecular flexibility index (Phi) is 16.9. The van der Waals surface area contributed by atoms with Gasteiger partial charge in [-0.25, -0.2) is 18.5 Å². The van der Waals surface area contributed by atoms with Gasteiger partial charge in [0.15, 0.2) is 8.32 Å². The Bertz CT molecular complexity index is 2550. The van der Waals surface area contributed by atoms with Crippen LogP contribution in [0.5, 0.6) is 0 Å². The molecule has 2 heterocycles. The van der Waals surface area contributed by atoms with E-state index >= 15 is 0 Å². The molecule has 0 aliphatic heterocycles. The van der Waals surface area contributed by atoms with Crippen LogP contribution in [0.3, 0.4) is 0 Å². The number of hydrogen-bond acceptors (Lipinski definition) is 10. The van der Waals surface area contributed by atoms with E-state index in [2.05, 4.69) is 74.6 Å². The van der Waals surface area contributed by atoms with E-state index in [0.29, 0.717) is 42.1 Å². The highest BCUT2D eigenvalue weighted by molar-refractivity contribution is 7.15. The van der Waals surface area contributed by atoms with E-state index in [1.807, 2.05) is 26.8 Å². The van der Waals surface area contributed by atoms with Gasteiger partial charge in [-0.1, -0.05) is 86.2 Å². The van der Waals surface area contributed by atoms with Gasteiger partial charge in [0.05, 0.1) is 35.4 Å². The van der Waals surface area contributed by atoms with Gasteiger partial charge in [0.25, 0.3) is 0 Å². The lowest BCUT2D eigenvalue weighted by Crippen LogP contribution is -2.45. The third kappa shape index (κ3) is 11.8. The fraction of sp³-hybridized carbons (Fsp3) is 0.333. The number of nitrogens with zero attached hydrogens (tertiary/aromatic N) is 6. The van der Waals surface area contributed by atoms with Crippen LogP contribution < -0.4 is 10.6 Å². The number of aliphatic hydroxyl groups excluding tert-OH is 1. The summed E-state index contributed by atoms with van der Waals surface area (Å²) in [5.74, 6) is -0.609. The van der Waals surface area contributed by atoms with Crippen molar-refractivity contribution in [3.05, 3.63) is 138 Å². The average Bonchev–Trinajstić information content (AvgIpc) is 3.90. The number of aliphatic hydroxyl groups is 1. The van der Waals surface area contributed by atoms with E-state index in [1.54, 1.807) is 49.4 Å². The van der Waals surface area contributed by atoms with Gasteiger partial charge < -0.3 is 20.2 Å². The van der Waals surface area contributed by atoms with Gasteiger partial charge in [-0.15, -0.1) is 20.4 Å². The molecule has 0 radical (unpaired) electrons. The third-order valence-corrected chi connectivity index (χ3v) is 18.1. The summed E-state index contributed by atoms with van der Waals surface area (Å²) in [5, 5.41) is 37.8. The van der Waals surface area contributed by atoms with Crippen LogP contribution >= 0.6 is 45.9 Å². The van der Waals surface area contributed by atoms with Crippen molar-refractivity contribution in [2.45, 2.75) is 98.3 Å². The molecule has 0 fully saturated rings. The summed E-state index contributed by atoms with van der Waals surface area (Å²) in [5.41, 5.74) is 5.39. The summed E-state index contributed by atoms with van der Waals surface area (Å²) < 4.78 is 33.2. The van der Waals surface area contributed by atoms with Crippen LogP contribution in [0.4, 0.5) is 31.5 Å². The van der Waals surface area contributed by atoms with E-state index in [1.165, 1.54) is 46.9 Å². The van der Waals surface area contributed by atoms with E-state index in [9.17, 15) is 13.9 Å². The molecule has 10 nitrogen and oxygen atoms in total. The Morgan fingerprint density at radius 3 is 1.45 bits per heavy atom. The maximum absolute atomic E-state index is 13.4. The Morgan fingerprint density at radius 1 is 0.694 bits per heavy atom. The van der Waals surface area contributed by atoms with E-state index < -0.39 is 20.5 Å². The summed E-state index contributed by atoms with van der Waals surface area (Å²) in [4.78, 5) is 6.87. The summed E-state index contributed by atoms with van der Waals surface area (Å²) in [6.07, 6.45) is -0.966. The number of halogens is 4. The Morgan fingerprint density at radius 2 is 1.08 bits per heavy atom. The van der Waals surface area contributed by atoms with Gasteiger partial charge >= 0.3 is 0 Å². The highest BCUT2D eigenvalue weighted by atomic mass is 35.5. The van der Waals surface area contributed by atoms with Gasteiger partial charge in [0.2, 0.25) is 11.4 Å². The van der Waals surface area contributed by atoms with Crippen LogP contribution in [0.1, 0.15) is 75.3 Å². The number of anilines is 2. The molecule has 6 aromatic rings. The number of nitrogens with one attached hydrogen (secondary N) is 2. The molecule has 0 saturated carbocycles. The topological polar surface area (TPSA) is 114 Å². The van der Waals surface area contributed by atoms with E-state index in [-0.39, 0.29) is 36.2 Å². The lowest BCUT2D eigenvalue weighted by atomic mass is 10.1. The van der Waals surface area contributed by atoms with Gasteiger partial charge in [0, 0.05) is 22.5 Å². The first kappa shape index (κ1) is 49.8. The molecular formula is C45H50Cl2F2N8O2S2Si. The molecule has 4 atom stereocenters. The quantitative estimate of drug-likeness (QED) is 0.0821. The van der Waals surface area contributed by atoms with E-state index in [4.69, 9.17) is 40.8 Å². The first-order chi connectivity index (χ1) is 28.7. The number of benzene rings is 4. The SMILES string of the molecule is C.[C-]#[N+]c1ccc(N[C@@H](c2nnc(-c3ccc(F)cc3)s2)[C@@H](C)O)c(C)c1Cl.[C-]#[N+]c1ccc(N[C@@H](c2nnc(-c3ccc(F)cc3)s2)[C@H](C)O[Si](C)(C)C(C)(C)C)c(C)c1Cl. The molecule has 17 heteroatoms. The molecule has 6 rings (SSSR count). The van der Waals surface area contributed by atoms with Crippen LogP contribution in [0.15, 0.2) is 72.8 Å². The first-order valence-electron chi connectivity index (χ1n) is 19.1. The second-order valence-electron chi connectivity index (χ2n) is 15.8. The summed E-state index contributed by atoms with van der Waals surface area (Å²) in [7, 11) is -2.07. The molecule has 62 heavy (non-hydrogen) atoms. The van der Waals surface area contributed by atoms with Gasteiger partial charge in [-0.3, -0.25) is 0 Å². The molecule has 2 aromatic heterocycles. The zero-order valence-electron chi connectivity index (χ0n) is 35.1. The van der Waals surface area contributed by atoms with Gasteiger partial charge in [-0.05, 0) is 118 Å². The maximum atomic E-state index is 13.4. The lowest BCUT2D eigenvalue weighted by molar-refractivity contribution is 0.171. The fourth-order valence-corrected chi connectivity index (χ4v) is 9.60. The molecule has 0 unspecified atom stereocenters. The summed E-state index contributed by atoms with van der Waals surface area (Å²) in [6.45, 7) is 32.9. The van der Waals surface area contributed by atoms with Crippen molar-refractivity contribution in [3.63, 3.8) is 0 Å². The molecular weight excluding hydrogens is 886 g/mol. The molecule has 326 valence electrons. The van der Waals surface area contributed by atoms with Gasteiger partial charge in [0.1, 0.15) is 43.7 Å². The second-order valence-corrected chi connectivity index (χ2v) is 23.4. The normalized spacial score (nSPS) is 13.3. The van der Waals surface area contributed by atoms with E-state index in [0.717, 1.165) is 32.9 Å². The van der Waals surface area contributed by atoms with Crippen molar-refractivity contribution in [2.24, 2.45) is 0 Å². The van der Waals surface area contributed by atoms with Crippen LogP contribution in [-0.4, -0.2) is 46.0 Å². The monoisotopic (exact) mass is 934 g/mol. The van der Waals surface area contributed by atoms with Crippen LogP contribution in [0.25, 0.3) is 30.8 Å². The Balaban J connectivity index is 0.000000275. The Hall–Kier alpha value is -4.84. The van der Waals surface area contributed by atoms with Gasteiger partial charge in [-0.2, -0.15) is 0 Å². The molecule has 0 saturated heterocycles. The third-order valence-electron chi connectivity index (χ3n) is 10.4. The minimum absolute atomic E-state index is 0. The summed E-state index contributed by atoms with van der Waals surface area (Å²) in [6, 6.07) is 18.4. The molecule has 0 aliphatic carbocycles. The van der Waals surface area contributed by atoms with Crippen molar-refractivity contribution < 1.29 is 18.3 Å². The molecule has 0 amide bonds. The van der Waals surface area contributed by atoms with Crippen molar-refractivity contribution in [1.29, 1.82) is 0 Å². The smallest absolute Gasteiger partial charge is 0.205 e. The first-order valence-corrected chi connectivity index (χ1v) is 24.4. The standard InChI is InChI=1S/C25H30ClFN4OSSi.C19H16ClFN4OS.CH4/c1-15-19(13-14-20(28-6)21(15)26)29-22(16(2)32-34(7,8)25(3,4)5)24-31-30-23(33-24)17-9-11-18(27)12-10-17;1-10-14(8-9-15(22-3)16(10)20)23-17(11(2)26)19-25-24-18(27-19)12-4-6-13(21)7-5-12;/h9-14,16,22,29H,1-5,7-8H3;4-9,11,17,23,26H,1-2H3;1H4/t16-,22+;11-,17-;/m01./s1. The molecule has 3 N–H and O–H groups in total. The highest BCUT2D eigenvalue weighted by Crippen LogP contribution is 2.42. The van der Waals surface area contributed by atoms with Crippen LogP contribution in [0.2, 0.25) is 28.2 Å². The largest absolute Gasteiger partial charge is 0.412 e. The van der Waals surface area contributed by atoms with Crippen molar-refractivity contribution in [2.75, 3.05) is 10.6 Å². The molecule has 4 aromatic carbocycles. The molecule has 0 bridgehead atoms. The lowest BCUT2D eigenvalue weighted by Gasteiger charge is -2.40. The van der Waals surface area contributed by atoms with Crippen molar-refractivity contribution >= 4 is 76.9 Å². The Labute approximate surface area is 382 Å². The predicted molar refractivity (Wildman–Crippen MR) is 254 cm³/mol. The zero-order chi connectivity index (χ0) is 44.8. The number of aromatic nitrogens is 4. The fourth-order valence-electron chi connectivity index (χ4n) is 5.78. The van der Waals surface area contributed by atoms with Crippen LogP contribution in [-0.2, 0) is 4.43 Å². The van der Waals surface area contributed by atoms with Crippen molar-refractivity contribution in [1.82, 2.24) is 20.4 Å². The van der Waals surface area contributed by atoms with Crippen LogP contribution in [0, 0.1) is 38.6 Å². The highest BCUT2D eigenvalue weighted by Gasteiger charge is 2.40. The molecule has 0 spiro atoms. The number of hydrogen-bond donors (Lipinski definition) is 3. The van der Waals surface area contributed by atoms with Crippen molar-refractivity contribution in [3.8, 4) is 21.1 Å². The zero-order valence-corrected chi connectivity index (χ0v) is 39.2. The average molecular weight is 936 g/mol.